The van der Waals surface area contributed by atoms with E-state index in [2.05, 4.69) is 0 Å². The minimum absolute atomic E-state index is 0.0928. The molecule has 0 bridgehead atoms. The Hall–Kier alpha value is -2.37. The van der Waals surface area contributed by atoms with Crippen LogP contribution in [0.15, 0.2) is 48.5 Å². The average Bonchev–Trinajstić information content (AvgIpc) is 2.98. The van der Waals surface area contributed by atoms with Crippen LogP contribution in [0.2, 0.25) is 10.0 Å². The average molecular weight is 431 g/mol. The van der Waals surface area contributed by atoms with Crippen LogP contribution in [0.3, 0.4) is 0 Å². The van der Waals surface area contributed by atoms with Gasteiger partial charge in [-0.3, -0.25) is 14.4 Å². The number of amides is 3. The molecule has 0 N–H and O–H groups in total. The van der Waals surface area contributed by atoms with E-state index < -0.39 is 5.91 Å². The number of halogens is 2. The third kappa shape index (κ3) is 3.89. The summed E-state index contributed by atoms with van der Waals surface area (Å²) in [5, 5.41) is 3.41. The van der Waals surface area contributed by atoms with E-state index in [0.717, 1.165) is 23.4 Å². The van der Waals surface area contributed by atoms with Crippen LogP contribution in [-0.4, -0.2) is 27.7 Å². The van der Waals surface area contributed by atoms with E-state index in [9.17, 15) is 14.4 Å². The van der Waals surface area contributed by atoms with E-state index in [4.69, 9.17) is 23.2 Å². The summed E-state index contributed by atoms with van der Waals surface area (Å²) in [6.45, 7) is 0.0928. The number of benzene rings is 2. The van der Waals surface area contributed by atoms with E-state index in [1.807, 2.05) is 0 Å². The van der Waals surface area contributed by atoms with Gasteiger partial charge < -0.3 is 0 Å². The van der Waals surface area contributed by atoms with Crippen LogP contribution in [0.25, 0.3) is 0 Å². The molecule has 2 aromatic carbocycles. The summed E-state index contributed by atoms with van der Waals surface area (Å²) in [7, 11) is 0. The minimum Gasteiger partial charge on any atom is -0.272 e. The lowest BCUT2D eigenvalue weighted by Crippen LogP contribution is -2.49. The first kappa shape index (κ1) is 19.9. The van der Waals surface area contributed by atoms with E-state index in [1.54, 1.807) is 48.5 Å². The molecule has 1 heterocycles. The summed E-state index contributed by atoms with van der Waals surface area (Å²) in [5.74, 6) is -1.65. The molecule has 2 atom stereocenters. The van der Waals surface area contributed by atoms with Crippen LogP contribution >= 0.6 is 23.2 Å². The summed E-state index contributed by atoms with van der Waals surface area (Å²) in [6, 6.07) is 13.4. The topological polar surface area (TPSA) is 57.7 Å². The molecule has 0 radical (unpaired) electrons. The molecule has 29 heavy (non-hydrogen) atoms. The van der Waals surface area contributed by atoms with Gasteiger partial charge in [-0.2, -0.15) is 5.01 Å². The van der Waals surface area contributed by atoms with Crippen LogP contribution in [0.4, 0.5) is 0 Å². The van der Waals surface area contributed by atoms with Gasteiger partial charge in [0, 0.05) is 15.6 Å². The molecule has 2 fully saturated rings. The molecule has 150 valence electrons. The first-order chi connectivity index (χ1) is 14.0. The normalized spacial score (nSPS) is 21.2. The van der Waals surface area contributed by atoms with Gasteiger partial charge in [-0.25, -0.2) is 5.01 Å². The zero-order valence-corrected chi connectivity index (χ0v) is 17.2. The van der Waals surface area contributed by atoms with Crippen LogP contribution in [0.5, 0.6) is 0 Å². The summed E-state index contributed by atoms with van der Waals surface area (Å²) in [6.07, 6.45) is 3.23. The number of nitrogens with zero attached hydrogens (tertiary/aromatic N) is 2. The minimum atomic E-state index is -0.419. The lowest BCUT2D eigenvalue weighted by Gasteiger charge is -2.30. The quantitative estimate of drug-likeness (QED) is 0.658. The Balaban J connectivity index is 1.70. The van der Waals surface area contributed by atoms with Gasteiger partial charge >= 0.3 is 0 Å². The van der Waals surface area contributed by atoms with Crippen molar-refractivity contribution in [2.45, 2.75) is 32.2 Å². The van der Waals surface area contributed by atoms with Crippen molar-refractivity contribution in [3.05, 3.63) is 69.7 Å². The molecule has 7 heteroatoms. The highest BCUT2D eigenvalue weighted by atomic mass is 35.5. The van der Waals surface area contributed by atoms with Gasteiger partial charge in [0.2, 0.25) is 0 Å². The van der Waals surface area contributed by atoms with Crippen LogP contribution in [0.1, 0.15) is 41.6 Å². The number of carbonyl (C=O) groups is 3. The molecule has 1 saturated carbocycles. The molecule has 0 unspecified atom stereocenters. The number of carbonyl (C=O) groups excluding carboxylic acids is 3. The fraction of sp³-hybridized carbons (Fsp3) is 0.318. The molecule has 0 aromatic heterocycles. The van der Waals surface area contributed by atoms with Gasteiger partial charge in [0.1, 0.15) is 0 Å². The van der Waals surface area contributed by atoms with Crippen molar-refractivity contribution in [3.63, 3.8) is 0 Å². The Labute approximate surface area is 179 Å². The van der Waals surface area contributed by atoms with E-state index in [-0.39, 0.29) is 30.2 Å². The largest absolute Gasteiger partial charge is 0.273 e. The molecule has 3 amide bonds. The molecule has 4 rings (SSSR count). The van der Waals surface area contributed by atoms with Gasteiger partial charge in [0.25, 0.3) is 17.7 Å². The second-order valence-electron chi connectivity index (χ2n) is 7.48. The number of hydrazine groups is 1. The molecule has 1 aliphatic heterocycles. The Bertz CT molecular complexity index is 920. The zero-order chi connectivity index (χ0) is 20.5. The molecular formula is C22H20Cl2N2O3. The van der Waals surface area contributed by atoms with Gasteiger partial charge in [-0.1, -0.05) is 48.2 Å². The lowest BCUT2D eigenvalue weighted by atomic mass is 9.81. The Morgan fingerprint density at radius 3 is 1.86 bits per heavy atom. The Morgan fingerprint density at radius 1 is 0.862 bits per heavy atom. The van der Waals surface area contributed by atoms with Crippen molar-refractivity contribution in [3.8, 4) is 0 Å². The summed E-state index contributed by atoms with van der Waals surface area (Å²) in [4.78, 5) is 39.5. The van der Waals surface area contributed by atoms with E-state index in [0.29, 0.717) is 28.5 Å². The first-order valence-corrected chi connectivity index (χ1v) is 10.4. The van der Waals surface area contributed by atoms with Crippen molar-refractivity contribution < 1.29 is 14.4 Å². The predicted octanol–water partition coefficient (Wildman–Crippen LogP) is 4.73. The molecule has 1 aliphatic carbocycles. The molecule has 0 spiro atoms. The number of fused-ring (bicyclic) bond motifs is 1. The third-order valence-electron chi connectivity index (χ3n) is 5.63. The van der Waals surface area contributed by atoms with E-state index in [1.165, 1.54) is 5.01 Å². The second-order valence-corrected chi connectivity index (χ2v) is 8.35. The highest BCUT2D eigenvalue weighted by molar-refractivity contribution is 6.30. The molecule has 2 aliphatic rings. The van der Waals surface area contributed by atoms with Crippen LogP contribution in [0, 0.1) is 11.8 Å². The first-order valence-electron chi connectivity index (χ1n) is 9.65. The maximum absolute atomic E-state index is 13.3. The number of hydrogen-bond donors (Lipinski definition) is 0. The van der Waals surface area contributed by atoms with Crippen molar-refractivity contribution in [1.29, 1.82) is 0 Å². The van der Waals surface area contributed by atoms with Crippen molar-refractivity contribution in [2.24, 2.45) is 11.8 Å². The molecule has 1 saturated heterocycles. The number of imide groups is 1. The van der Waals surface area contributed by atoms with Gasteiger partial charge in [-0.05, 0) is 54.8 Å². The SMILES string of the molecule is O=C(c1ccc(Cl)cc1)N(Cc1ccc(Cl)cc1)N1C(=O)[C@H]2CCCC[C@@H]2C1=O. The summed E-state index contributed by atoms with van der Waals surface area (Å²) in [5.41, 5.74) is 1.13. The smallest absolute Gasteiger partial charge is 0.272 e. The Kier molecular flexibility index (Phi) is 5.61. The monoisotopic (exact) mass is 430 g/mol. The molecular weight excluding hydrogens is 411 g/mol. The molecule has 5 nitrogen and oxygen atoms in total. The van der Waals surface area contributed by atoms with Crippen molar-refractivity contribution in [2.75, 3.05) is 0 Å². The van der Waals surface area contributed by atoms with Crippen molar-refractivity contribution in [1.82, 2.24) is 10.0 Å². The van der Waals surface area contributed by atoms with Crippen LogP contribution < -0.4 is 0 Å². The second kappa shape index (κ2) is 8.17. The summed E-state index contributed by atoms with van der Waals surface area (Å²) >= 11 is 11.9. The van der Waals surface area contributed by atoms with Gasteiger partial charge in [0.05, 0.1) is 18.4 Å². The van der Waals surface area contributed by atoms with Crippen molar-refractivity contribution >= 4 is 40.9 Å². The van der Waals surface area contributed by atoms with E-state index >= 15 is 0 Å². The highest BCUT2D eigenvalue weighted by Crippen LogP contribution is 2.39. The summed E-state index contributed by atoms with van der Waals surface area (Å²) < 4.78 is 0. The highest BCUT2D eigenvalue weighted by Gasteiger charge is 2.51. The standard InChI is InChI=1S/C22H20Cl2N2O3/c23-16-9-5-14(6-10-16)13-25(20(27)15-7-11-17(24)12-8-15)26-21(28)18-3-1-2-4-19(18)22(26)29/h5-12,18-19H,1-4,13H2/t18-,19-/m0/s1. The number of hydrogen-bond acceptors (Lipinski definition) is 3. The van der Waals surface area contributed by atoms with Gasteiger partial charge in [-0.15, -0.1) is 0 Å². The maximum atomic E-state index is 13.3. The van der Waals surface area contributed by atoms with Gasteiger partial charge in [0.15, 0.2) is 0 Å². The fourth-order valence-corrected chi connectivity index (χ4v) is 4.37. The number of rotatable bonds is 4. The lowest BCUT2D eigenvalue weighted by molar-refractivity contribution is -0.155. The maximum Gasteiger partial charge on any atom is 0.273 e. The van der Waals surface area contributed by atoms with Crippen LogP contribution in [-0.2, 0) is 16.1 Å². The molecule has 2 aromatic rings. The predicted molar refractivity (Wildman–Crippen MR) is 110 cm³/mol. The zero-order valence-electron chi connectivity index (χ0n) is 15.7. The Morgan fingerprint density at radius 2 is 1.34 bits per heavy atom. The third-order valence-corrected chi connectivity index (χ3v) is 6.13. The fourth-order valence-electron chi connectivity index (χ4n) is 4.12.